The highest BCUT2D eigenvalue weighted by Crippen LogP contribution is 2.49. The van der Waals surface area contributed by atoms with Crippen molar-refractivity contribution >= 4 is 23.1 Å². The van der Waals surface area contributed by atoms with E-state index in [9.17, 15) is 28.2 Å². The van der Waals surface area contributed by atoms with Crippen molar-refractivity contribution in [2.45, 2.75) is 56.8 Å². The summed E-state index contributed by atoms with van der Waals surface area (Å²) in [5.41, 5.74) is -0.221. The molecule has 1 heterocycles. The third-order valence-corrected chi connectivity index (χ3v) is 7.06. The third kappa shape index (κ3) is 3.48. The molecule has 0 aromatic heterocycles. The number of alkyl halides is 3. The fourth-order valence-corrected chi connectivity index (χ4v) is 4.95. The van der Waals surface area contributed by atoms with Crippen molar-refractivity contribution in [3.05, 3.63) is 63.9 Å². The average molecular weight is 466 g/mol. The van der Waals surface area contributed by atoms with Gasteiger partial charge in [0.25, 0.3) is 5.91 Å². The van der Waals surface area contributed by atoms with Gasteiger partial charge in [0.15, 0.2) is 5.60 Å². The van der Waals surface area contributed by atoms with Crippen molar-refractivity contribution in [1.29, 1.82) is 0 Å². The molecule has 2 aromatic rings. The predicted octanol–water partition coefficient (Wildman–Crippen LogP) is 5.63. The molecule has 2 aromatic carbocycles. The highest BCUT2D eigenvalue weighted by molar-refractivity contribution is 6.30. The third-order valence-electron chi connectivity index (χ3n) is 6.81. The Bertz CT molecular complexity index is 1110. The minimum Gasteiger partial charge on any atom is -0.509 e. The van der Waals surface area contributed by atoms with Gasteiger partial charge in [-0.25, -0.2) is 0 Å². The smallest absolute Gasteiger partial charge is 0.417 e. The summed E-state index contributed by atoms with van der Waals surface area (Å²) in [6.45, 7) is 3.66. The molecule has 4 nitrogen and oxygen atoms in total. The molecule has 1 aliphatic heterocycles. The minimum atomic E-state index is -4.76. The average Bonchev–Trinajstić information content (AvgIpc) is 2.95. The highest BCUT2D eigenvalue weighted by Gasteiger charge is 2.60. The molecule has 1 saturated carbocycles. The van der Waals surface area contributed by atoms with Crippen LogP contribution in [0.25, 0.3) is 16.7 Å². The number of hydrogen-bond acceptors (Lipinski definition) is 3. The van der Waals surface area contributed by atoms with Crippen LogP contribution in [0, 0.1) is 13.8 Å². The van der Waals surface area contributed by atoms with Crippen LogP contribution in [0.3, 0.4) is 0 Å². The van der Waals surface area contributed by atoms with E-state index in [0.717, 1.165) is 22.3 Å². The summed E-state index contributed by atoms with van der Waals surface area (Å²) in [6, 6.07) is 11.0. The molecule has 2 aliphatic rings. The number of aryl methyl sites for hydroxylation is 1. The Labute approximate surface area is 188 Å². The zero-order valence-corrected chi connectivity index (χ0v) is 18.4. The molecule has 3 N–H and O–H groups in total. The number of aliphatic hydroxyl groups is 2. The molecule has 1 amide bonds. The summed E-state index contributed by atoms with van der Waals surface area (Å²) in [7, 11) is 0. The van der Waals surface area contributed by atoms with E-state index in [1.54, 1.807) is 12.1 Å². The van der Waals surface area contributed by atoms with Crippen LogP contribution in [-0.4, -0.2) is 33.4 Å². The van der Waals surface area contributed by atoms with Crippen molar-refractivity contribution in [2.75, 3.05) is 0 Å². The van der Waals surface area contributed by atoms with Crippen LogP contribution in [0.5, 0.6) is 0 Å². The van der Waals surface area contributed by atoms with Crippen LogP contribution in [0.1, 0.15) is 42.4 Å². The summed E-state index contributed by atoms with van der Waals surface area (Å²) in [4.78, 5) is 13.0. The first kappa shape index (κ1) is 22.7. The van der Waals surface area contributed by atoms with Gasteiger partial charge >= 0.3 is 6.18 Å². The van der Waals surface area contributed by atoms with Crippen LogP contribution in [0.4, 0.5) is 13.2 Å². The number of halogens is 4. The molecule has 1 spiro atoms. The van der Waals surface area contributed by atoms with E-state index < -0.39 is 36.1 Å². The Morgan fingerprint density at radius 2 is 1.59 bits per heavy atom. The Kier molecular flexibility index (Phi) is 5.33. The molecule has 8 heteroatoms. The zero-order chi connectivity index (χ0) is 23.5. The van der Waals surface area contributed by atoms with Gasteiger partial charge in [-0.15, -0.1) is 0 Å². The van der Waals surface area contributed by atoms with E-state index in [-0.39, 0.29) is 24.2 Å². The molecule has 0 bridgehead atoms. The molecule has 1 aliphatic carbocycles. The fraction of sp³-hybridized carbons (Fsp3) is 0.375. The van der Waals surface area contributed by atoms with Crippen molar-refractivity contribution in [3.8, 4) is 11.1 Å². The number of aliphatic hydroxyl groups excluding tert-OH is 1. The minimum absolute atomic E-state index is 0.0771. The van der Waals surface area contributed by atoms with Gasteiger partial charge in [-0.05, 0) is 79.5 Å². The second-order valence-corrected chi connectivity index (χ2v) is 9.16. The number of carbonyl (C=O) groups is 1. The molecule has 1 fully saturated rings. The quantitative estimate of drug-likeness (QED) is 0.538. The topological polar surface area (TPSA) is 69.6 Å². The second kappa shape index (κ2) is 7.52. The van der Waals surface area contributed by atoms with Crippen LogP contribution < -0.4 is 5.32 Å². The molecular formula is C24H23ClF3NO3. The van der Waals surface area contributed by atoms with Crippen molar-refractivity contribution in [3.63, 3.8) is 0 Å². The zero-order valence-electron chi connectivity index (χ0n) is 17.6. The van der Waals surface area contributed by atoms with E-state index in [1.165, 1.54) is 0 Å². The van der Waals surface area contributed by atoms with Gasteiger partial charge in [0.1, 0.15) is 5.76 Å². The first-order chi connectivity index (χ1) is 14.9. The lowest BCUT2D eigenvalue weighted by molar-refractivity contribution is -0.272. The van der Waals surface area contributed by atoms with Gasteiger partial charge in [0, 0.05) is 5.02 Å². The maximum atomic E-state index is 13.2. The summed E-state index contributed by atoms with van der Waals surface area (Å²) in [6.07, 6.45) is -6.38. The number of benzene rings is 2. The van der Waals surface area contributed by atoms with E-state index >= 15 is 0 Å². The van der Waals surface area contributed by atoms with Gasteiger partial charge < -0.3 is 15.5 Å². The van der Waals surface area contributed by atoms with Crippen molar-refractivity contribution in [2.24, 2.45) is 0 Å². The van der Waals surface area contributed by atoms with Crippen molar-refractivity contribution in [1.82, 2.24) is 5.32 Å². The molecule has 4 rings (SSSR count). The normalized spacial score (nSPS) is 26.0. The highest BCUT2D eigenvalue weighted by atomic mass is 35.5. The van der Waals surface area contributed by atoms with Crippen LogP contribution in [0.15, 0.2) is 42.2 Å². The Morgan fingerprint density at radius 3 is 2.16 bits per heavy atom. The fourth-order valence-electron chi connectivity index (χ4n) is 4.83. The summed E-state index contributed by atoms with van der Waals surface area (Å²) < 4.78 is 39.7. The summed E-state index contributed by atoms with van der Waals surface area (Å²) >= 11 is 5.99. The lowest BCUT2D eigenvalue weighted by Crippen LogP contribution is -2.56. The van der Waals surface area contributed by atoms with Crippen LogP contribution in [-0.2, 0) is 4.79 Å². The number of hydrogen-bond donors (Lipinski definition) is 3. The van der Waals surface area contributed by atoms with Crippen molar-refractivity contribution < 1.29 is 28.2 Å². The largest absolute Gasteiger partial charge is 0.509 e. The molecule has 0 saturated heterocycles. The number of amides is 1. The first-order valence-corrected chi connectivity index (χ1v) is 10.7. The van der Waals surface area contributed by atoms with Gasteiger partial charge in [0.05, 0.1) is 11.1 Å². The Morgan fingerprint density at radius 1 is 1.00 bits per heavy atom. The maximum absolute atomic E-state index is 13.2. The maximum Gasteiger partial charge on any atom is 0.417 e. The first-order valence-electron chi connectivity index (χ1n) is 10.3. The van der Waals surface area contributed by atoms with Crippen LogP contribution >= 0.6 is 11.6 Å². The summed E-state index contributed by atoms with van der Waals surface area (Å²) in [5, 5.41) is 24.4. The van der Waals surface area contributed by atoms with Gasteiger partial charge in [-0.3, -0.25) is 4.79 Å². The summed E-state index contributed by atoms with van der Waals surface area (Å²) in [5.74, 6) is -0.786. The van der Waals surface area contributed by atoms with Crippen LogP contribution in [0.2, 0.25) is 5.02 Å². The molecular weight excluding hydrogens is 443 g/mol. The Balaban J connectivity index is 1.77. The van der Waals surface area contributed by atoms with Gasteiger partial charge in [-0.2, -0.15) is 13.2 Å². The second-order valence-electron chi connectivity index (χ2n) is 8.73. The number of carbonyl (C=O) groups excluding carboxylic acids is 1. The predicted molar refractivity (Wildman–Crippen MR) is 116 cm³/mol. The van der Waals surface area contributed by atoms with Gasteiger partial charge in [0.2, 0.25) is 0 Å². The molecule has 0 atom stereocenters. The van der Waals surface area contributed by atoms with Gasteiger partial charge in [-0.1, -0.05) is 35.9 Å². The molecule has 0 radical (unpaired) electrons. The van der Waals surface area contributed by atoms with E-state index in [2.05, 4.69) is 5.32 Å². The lowest BCUT2D eigenvalue weighted by Gasteiger charge is -2.42. The molecule has 32 heavy (non-hydrogen) atoms. The SMILES string of the molecule is Cc1ccc(-c2ccc(Cl)cc2)c(C)c1C1=C(O)C2(CCC(O)(C(F)(F)F)CC2)NC1=O. The molecule has 170 valence electrons. The Hall–Kier alpha value is -2.51. The van der Waals surface area contributed by atoms with E-state index in [0.29, 0.717) is 10.6 Å². The van der Waals surface area contributed by atoms with E-state index in [1.807, 2.05) is 38.1 Å². The molecule has 0 unspecified atom stereocenters. The number of rotatable bonds is 2. The number of nitrogens with one attached hydrogen (secondary N) is 1. The monoisotopic (exact) mass is 465 g/mol. The standard InChI is InChI=1S/C24H23ClF3NO3/c1-13-3-8-17(15-4-6-16(25)7-5-15)14(2)18(13)19-20(30)22(29-21(19)31)9-11-23(32,12-10-22)24(26,27)28/h3-8,30,32H,9-12H2,1-2H3,(H,29,31). The van der Waals surface area contributed by atoms with E-state index in [4.69, 9.17) is 11.6 Å². The lowest BCUT2D eigenvalue weighted by atomic mass is 9.73.